The summed E-state index contributed by atoms with van der Waals surface area (Å²) in [5.41, 5.74) is 2.68. The van der Waals surface area contributed by atoms with Crippen molar-refractivity contribution in [2.75, 3.05) is 44.2 Å². The van der Waals surface area contributed by atoms with Crippen LogP contribution in [-0.2, 0) is 0 Å². The molecule has 3 heteroatoms. The van der Waals surface area contributed by atoms with Crippen LogP contribution in [0.2, 0.25) is 0 Å². The van der Waals surface area contributed by atoms with E-state index in [0.717, 1.165) is 13.1 Å². The average Bonchev–Trinajstić information content (AvgIpc) is 2.46. The fourth-order valence-electron chi connectivity index (χ4n) is 2.23. The van der Waals surface area contributed by atoms with Crippen molar-refractivity contribution in [1.82, 2.24) is 10.2 Å². The summed E-state index contributed by atoms with van der Waals surface area (Å²) in [4.78, 5) is 2.56. The lowest BCUT2D eigenvalue weighted by Crippen LogP contribution is -2.38. The maximum absolute atomic E-state index is 3.54. The molecule has 0 aromatic heterocycles. The van der Waals surface area contributed by atoms with Crippen molar-refractivity contribution in [3.05, 3.63) is 41.5 Å². The van der Waals surface area contributed by atoms with Crippen LogP contribution in [0.3, 0.4) is 0 Å². The van der Waals surface area contributed by atoms with E-state index in [4.69, 9.17) is 0 Å². The molecule has 1 heterocycles. The third kappa shape index (κ3) is 5.81. The van der Waals surface area contributed by atoms with Gasteiger partial charge < -0.3 is 10.2 Å². The molecule has 2 nitrogen and oxygen atoms in total. The fourth-order valence-corrected chi connectivity index (χ4v) is 3.21. The molecule has 2 rings (SSSR count). The molecule has 1 aliphatic rings. The first-order valence-electron chi connectivity index (χ1n) is 7.07. The third-order valence-electron chi connectivity index (χ3n) is 3.32. The van der Waals surface area contributed by atoms with E-state index in [2.05, 4.69) is 65.3 Å². The summed E-state index contributed by atoms with van der Waals surface area (Å²) >= 11 is 2.07. The second kappa shape index (κ2) is 8.41. The fraction of sp³-hybridized carbons (Fsp3) is 0.500. The van der Waals surface area contributed by atoms with Gasteiger partial charge in [0.2, 0.25) is 0 Å². The van der Waals surface area contributed by atoms with E-state index >= 15 is 0 Å². The Morgan fingerprint density at radius 3 is 2.74 bits per heavy atom. The van der Waals surface area contributed by atoms with Gasteiger partial charge in [0.1, 0.15) is 0 Å². The van der Waals surface area contributed by atoms with Gasteiger partial charge in [-0.3, -0.25) is 0 Å². The second-order valence-corrected chi connectivity index (χ2v) is 6.26. The lowest BCUT2D eigenvalue weighted by Gasteiger charge is -2.26. The maximum Gasteiger partial charge on any atom is 0.0165 e. The molecule has 0 spiro atoms. The molecule has 0 bridgehead atoms. The summed E-state index contributed by atoms with van der Waals surface area (Å²) in [6.07, 6.45) is 2.25. The van der Waals surface area contributed by atoms with Crippen molar-refractivity contribution >= 4 is 17.8 Å². The standard InChI is InChI=1S/C16H24N2S/c1-15(13-16-5-3-2-4-6-16)14-17-7-8-18-9-11-19-12-10-18/h2-6,13,17H,7-12,14H2,1H3. The largest absolute Gasteiger partial charge is 0.312 e. The van der Waals surface area contributed by atoms with Gasteiger partial charge in [0.25, 0.3) is 0 Å². The predicted octanol–water partition coefficient (Wildman–Crippen LogP) is 2.73. The van der Waals surface area contributed by atoms with Crippen LogP contribution in [0.4, 0.5) is 0 Å². The first-order chi connectivity index (χ1) is 9.34. The molecule has 104 valence electrons. The highest BCUT2D eigenvalue weighted by atomic mass is 32.2. The van der Waals surface area contributed by atoms with E-state index in [0.29, 0.717) is 0 Å². The van der Waals surface area contributed by atoms with E-state index in [1.165, 1.54) is 42.3 Å². The molecule has 1 aromatic rings. The van der Waals surface area contributed by atoms with Crippen LogP contribution in [0.5, 0.6) is 0 Å². The zero-order chi connectivity index (χ0) is 13.3. The summed E-state index contributed by atoms with van der Waals surface area (Å²) in [6, 6.07) is 10.5. The zero-order valence-electron chi connectivity index (χ0n) is 11.8. The van der Waals surface area contributed by atoms with Crippen molar-refractivity contribution in [3.63, 3.8) is 0 Å². The zero-order valence-corrected chi connectivity index (χ0v) is 12.6. The smallest absolute Gasteiger partial charge is 0.0165 e. The lowest BCUT2D eigenvalue weighted by molar-refractivity contribution is 0.302. The van der Waals surface area contributed by atoms with E-state index in [-0.39, 0.29) is 0 Å². The Balaban J connectivity index is 1.63. The first kappa shape index (κ1) is 14.6. The highest BCUT2D eigenvalue weighted by Gasteiger charge is 2.08. The van der Waals surface area contributed by atoms with Crippen molar-refractivity contribution in [3.8, 4) is 0 Å². The number of hydrogen-bond donors (Lipinski definition) is 1. The van der Waals surface area contributed by atoms with Crippen LogP contribution < -0.4 is 5.32 Å². The number of rotatable bonds is 6. The van der Waals surface area contributed by atoms with Gasteiger partial charge in [0.05, 0.1) is 0 Å². The summed E-state index contributed by atoms with van der Waals surface area (Å²) in [6.45, 7) is 7.95. The minimum atomic E-state index is 0.984. The molecule has 0 radical (unpaired) electrons. The summed E-state index contributed by atoms with van der Waals surface area (Å²) in [5, 5.41) is 3.54. The number of benzene rings is 1. The molecule has 1 saturated heterocycles. The third-order valence-corrected chi connectivity index (χ3v) is 4.27. The Kier molecular flexibility index (Phi) is 6.48. The SMILES string of the molecule is CC(=Cc1ccccc1)CNCCN1CCSCC1. The van der Waals surface area contributed by atoms with Crippen LogP contribution in [-0.4, -0.2) is 49.1 Å². The van der Waals surface area contributed by atoms with Crippen molar-refractivity contribution in [2.45, 2.75) is 6.92 Å². The van der Waals surface area contributed by atoms with Gasteiger partial charge in [-0.15, -0.1) is 0 Å². The number of hydrogen-bond acceptors (Lipinski definition) is 3. The predicted molar refractivity (Wildman–Crippen MR) is 86.7 cm³/mol. The van der Waals surface area contributed by atoms with E-state index < -0.39 is 0 Å². The van der Waals surface area contributed by atoms with Crippen molar-refractivity contribution < 1.29 is 0 Å². The number of nitrogens with one attached hydrogen (secondary N) is 1. The summed E-state index contributed by atoms with van der Waals surface area (Å²) < 4.78 is 0. The van der Waals surface area contributed by atoms with Gasteiger partial charge in [-0.05, 0) is 12.5 Å². The number of thioether (sulfide) groups is 1. The molecular weight excluding hydrogens is 252 g/mol. The molecule has 0 unspecified atom stereocenters. The van der Waals surface area contributed by atoms with E-state index in [9.17, 15) is 0 Å². The van der Waals surface area contributed by atoms with Gasteiger partial charge in [0, 0.05) is 44.2 Å². The first-order valence-corrected chi connectivity index (χ1v) is 8.23. The molecule has 19 heavy (non-hydrogen) atoms. The maximum atomic E-state index is 3.54. The van der Waals surface area contributed by atoms with Crippen molar-refractivity contribution in [2.24, 2.45) is 0 Å². The Hall–Kier alpha value is -0.770. The average molecular weight is 276 g/mol. The molecule has 1 fully saturated rings. The van der Waals surface area contributed by atoms with Gasteiger partial charge in [-0.25, -0.2) is 0 Å². The molecule has 1 aromatic carbocycles. The van der Waals surface area contributed by atoms with Crippen LogP contribution >= 0.6 is 11.8 Å². The second-order valence-electron chi connectivity index (χ2n) is 5.03. The van der Waals surface area contributed by atoms with Gasteiger partial charge >= 0.3 is 0 Å². The molecule has 1 N–H and O–H groups in total. The number of nitrogens with zero attached hydrogens (tertiary/aromatic N) is 1. The molecule has 0 atom stereocenters. The summed E-state index contributed by atoms with van der Waals surface area (Å²) in [5.74, 6) is 2.60. The van der Waals surface area contributed by atoms with Crippen LogP contribution in [0.15, 0.2) is 35.9 Å². The highest BCUT2D eigenvalue weighted by molar-refractivity contribution is 7.99. The van der Waals surface area contributed by atoms with E-state index in [1.54, 1.807) is 0 Å². The van der Waals surface area contributed by atoms with Crippen LogP contribution in [0.1, 0.15) is 12.5 Å². The van der Waals surface area contributed by atoms with Crippen molar-refractivity contribution in [1.29, 1.82) is 0 Å². The Morgan fingerprint density at radius 2 is 2.00 bits per heavy atom. The topological polar surface area (TPSA) is 15.3 Å². The van der Waals surface area contributed by atoms with Gasteiger partial charge in [-0.1, -0.05) is 42.0 Å². The van der Waals surface area contributed by atoms with E-state index in [1.807, 2.05) is 0 Å². The molecule has 0 saturated carbocycles. The molecule has 1 aliphatic heterocycles. The Bertz CT molecular complexity index is 383. The lowest BCUT2D eigenvalue weighted by atomic mass is 10.1. The van der Waals surface area contributed by atoms with Crippen LogP contribution in [0, 0.1) is 0 Å². The Morgan fingerprint density at radius 1 is 1.26 bits per heavy atom. The van der Waals surface area contributed by atoms with Gasteiger partial charge in [-0.2, -0.15) is 11.8 Å². The minimum Gasteiger partial charge on any atom is -0.312 e. The summed E-state index contributed by atoms with van der Waals surface area (Å²) in [7, 11) is 0. The Labute approximate surface area is 121 Å². The molecule has 0 amide bonds. The van der Waals surface area contributed by atoms with Crippen LogP contribution in [0.25, 0.3) is 6.08 Å². The highest BCUT2D eigenvalue weighted by Crippen LogP contribution is 2.08. The molecular formula is C16H24N2S. The minimum absolute atomic E-state index is 0.984. The normalized spacial score (nSPS) is 17.6. The monoisotopic (exact) mass is 276 g/mol. The quantitative estimate of drug-likeness (QED) is 0.804. The van der Waals surface area contributed by atoms with Gasteiger partial charge in [0.15, 0.2) is 0 Å². The molecule has 0 aliphatic carbocycles.